The average Bonchev–Trinajstić information content (AvgIpc) is 2.54. The smallest absolute Gasteiger partial charge is 0.131 e. The van der Waals surface area contributed by atoms with Crippen LogP contribution in [0.15, 0.2) is 66.7 Å². The van der Waals surface area contributed by atoms with Gasteiger partial charge >= 0.3 is 0 Å². The van der Waals surface area contributed by atoms with Crippen molar-refractivity contribution in [2.24, 2.45) is 0 Å². The van der Waals surface area contributed by atoms with E-state index in [0.717, 1.165) is 34.7 Å². The standard InChI is InChI=1S/C19H15NO/c20-16-10-11-18-15(19(16)13-6-2-1-3-7-13)12-14-8-4-5-9-17(14)21-18/h1-11H,12,20H2. The summed E-state index contributed by atoms with van der Waals surface area (Å²) in [6.07, 6.45) is 0.848. The molecule has 0 atom stereocenters. The van der Waals surface area contributed by atoms with Gasteiger partial charge in [0.25, 0.3) is 0 Å². The minimum absolute atomic E-state index is 0.794. The second-order valence-electron chi connectivity index (χ2n) is 5.26. The first-order valence-electron chi connectivity index (χ1n) is 7.05. The van der Waals surface area contributed by atoms with E-state index in [9.17, 15) is 0 Å². The molecule has 3 aromatic carbocycles. The van der Waals surface area contributed by atoms with Crippen molar-refractivity contribution in [1.29, 1.82) is 0 Å². The molecule has 0 aromatic heterocycles. The van der Waals surface area contributed by atoms with Crippen LogP contribution in [0.1, 0.15) is 11.1 Å². The van der Waals surface area contributed by atoms with Gasteiger partial charge in [-0.05, 0) is 29.3 Å². The third-order valence-electron chi connectivity index (χ3n) is 3.92. The Labute approximate surface area is 123 Å². The number of hydrogen-bond donors (Lipinski definition) is 1. The van der Waals surface area contributed by atoms with Crippen molar-refractivity contribution in [1.82, 2.24) is 0 Å². The molecule has 0 aliphatic carbocycles. The first-order chi connectivity index (χ1) is 10.3. The number of nitrogens with two attached hydrogens (primary N) is 1. The van der Waals surface area contributed by atoms with Gasteiger partial charge in [0.15, 0.2) is 0 Å². The maximum Gasteiger partial charge on any atom is 0.131 e. The van der Waals surface area contributed by atoms with Crippen LogP contribution < -0.4 is 10.5 Å². The summed E-state index contributed by atoms with van der Waals surface area (Å²) in [6, 6.07) is 22.3. The highest BCUT2D eigenvalue weighted by atomic mass is 16.5. The molecule has 0 radical (unpaired) electrons. The van der Waals surface area contributed by atoms with E-state index >= 15 is 0 Å². The van der Waals surface area contributed by atoms with Gasteiger partial charge in [-0.2, -0.15) is 0 Å². The molecular weight excluding hydrogens is 258 g/mol. The summed E-state index contributed by atoms with van der Waals surface area (Å²) >= 11 is 0. The van der Waals surface area contributed by atoms with Crippen LogP contribution in [0.4, 0.5) is 5.69 Å². The molecule has 1 aliphatic rings. The first-order valence-corrected chi connectivity index (χ1v) is 7.05. The van der Waals surface area contributed by atoms with Gasteiger partial charge < -0.3 is 10.5 Å². The van der Waals surface area contributed by atoms with Crippen LogP contribution in [0.5, 0.6) is 11.5 Å². The maximum atomic E-state index is 6.24. The molecule has 1 aliphatic heterocycles. The molecule has 1 heterocycles. The van der Waals surface area contributed by atoms with E-state index in [1.807, 2.05) is 48.5 Å². The molecule has 0 amide bonds. The highest BCUT2D eigenvalue weighted by molar-refractivity contribution is 5.82. The SMILES string of the molecule is Nc1ccc2c(c1-c1ccccc1)Cc1ccccc1O2. The predicted octanol–water partition coefficient (Wildman–Crippen LogP) is 4.63. The summed E-state index contributed by atoms with van der Waals surface area (Å²) in [5.41, 5.74) is 11.6. The number of benzene rings is 3. The third-order valence-corrected chi connectivity index (χ3v) is 3.92. The minimum atomic E-state index is 0.794. The van der Waals surface area contributed by atoms with Gasteiger partial charge in [0.2, 0.25) is 0 Å². The largest absolute Gasteiger partial charge is 0.457 e. The van der Waals surface area contributed by atoms with E-state index in [1.165, 1.54) is 11.1 Å². The third kappa shape index (κ3) is 1.96. The molecule has 0 saturated carbocycles. The van der Waals surface area contributed by atoms with Crippen LogP contribution in [0, 0.1) is 0 Å². The maximum absolute atomic E-state index is 6.24. The van der Waals surface area contributed by atoms with Gasteiger partial charge in [0.05, 0.1) is 0 Å². The lowest BCUT2D eigenvalue weighted by atomic mass is 9.91. The zero-order chi connectivity index (χ0) is 14.2. The highest BCUT2D eigenvalue weighted by Crippen LogP contribution is 2.43. The van der Waals surface area contributed by atoms with Crippen molar-refractivity contribution >= 4 is 5.69 Å². The fourth-order valence-corrected chi connectivity index (χ4v) is 2.92. The molecule has 3 aromatic rings. The first kappa shape index (κ1) is 12.0. The normalized spacial score (nSPS) is 12.2. The number of hydrogen-bond acceptors (Lipinski definition) is 2. The van der Waals surface area contributed by atoms with Crippen molar-refractivity contribution in [3.63, 3.8) is 0 Å². The van der Waals surface area contributed by atoms with Crippen molar-refractivity contribution in [2.75, 3.05) is 5.73 Å². The predicted molar refractivity (Wildman–Crippen MR) is 85.6 cm³/mol. The zero-order valence-electron chi connectivity index (χ0n) is 11.5. The monoisotopic (exact) mass is 273 g/mol. The lowest BCUT2D eigenvalue weighted by Gasteiger charge is -2.23. The molecule has 102 valence electrons. The number of para-hydroxylation sites is 1. The van der Waals surface area contributed by atoms with E-state index in [0.29, 0.717) is 0 Å². The minimum Gasteiger partial charge on any atom is -0.457 e. The summed E-state index contributed by atoms with van der Waals surface area (Å²) in [7, 11) is 0. The van der Waals surface area contributed by atoms with E-state index in [1.54, 1.807) is 0 Å². The Hall–Kier alpha value is -2.74. The van der Waals surface area contributed by atoms with Gasteiger partial charge in [-0.15, -0.1) is 0 Å². The average molecular weight is 273 g/mol. The van der Waals surface area contributed by atoms with Gasteiger partial charge in [0, 0.05) is 23.2 Å². The topological polar surface area (TPSA) is 35.2 Å². The molecule has 21 heavy (non-hydrogen) atoms. The summed E-state index contributed by atoms with van der Waals surface area (Å²) in [4.78, 5) is 0. The molecule has 0 fully saturated rings. The zero-order valence-corrected chi connectivity index (χ0v) is 11.5. The Kier molecular flexibility index (Phi) is 2.68. The van der Waals surface area contributed by atoms with Gasteiger partial charge in [-0.25, -0.2) is 0 Å². The van der Waals surface area contributed by atoms with E-state index in [2.05, 4.69) is 18.2 Å². The molecule has 2 N–H and O–H groups in total. The molecule has 2 heteroatoms. The second-order valence-corrected chi connectivity index (χ2v) is 5.26. The van der Waals surface area contributed by atoms with Gasteiger partial charge in [-0.3, -0.25) is 0 Å². The fraction of sp³-hybridized carbons (Fsp3) is 0.0526. The summed E-state index contributed by atoms with van der Waals surface area (Å²) < 4.78 is 6.04. The lowest BCUT2D eigenvalue weighted by Crippen LogP contribution is -2.06. The Bertz CT molecular complexity index is 809. The van der Waals surface area contributed by atoms with E-state index in [-0.39, 0.29) is 0 Å². The van der Waals surface area contributed by atoms with Crippen molar-refractivity contribution < 1.29 is 4.74 Å². The van der Waals surface area contributed by atoms with E-state index < -0.39 is 0 Å². The number of ether oxygens (including phenoxy) is 1. The molecule has 2 nitrogen and oxygen atoms in total. The summed E-state index contributed by atoms with van der Waals surface area (Å²) in [5, 5.41) is 0. The summed E-state index contributed by atoms with van der Waals surface area (Å²) in [5.74, 6) is 1.84. The number of rotatable bonds is 1. The van der Waals surface area contributed by atoms with Gasteiger partial charge in [0.1, 0.15) is 11.5 Å². The lowest BCUT2D eigenvalue weighted by molar-refractivity contribution is 0.460. The number of anilines is 1. The molecule has 0 unspecified atom stereocenters. The molecule has 0 bridgehead atoms. The number of nitrogen functional groups attached to an aromatic ring is 1. The molecule has 4 rings (SSSR count). The van der Waals surface area contributed by atoms with Crippen LogP contribution in [0.2, 0.25) is 0 Å². The van der Waals surface area contributed by atoms with Crippen molar-refractivity contribution in [2.45, 2.75) is 6.42 Å². The summed E-state index contributed by atoms with van der Waals surface area (Å²) in [6.45, 7) is 0. The molecular formula is C19H15NO. The fourth-order valence-electron chi connectivity index (χ4n) is 2.92. The molecule has 0 spiro atoms. The van der Waals surface area contributed by atoms with Crippen LogP contribution in [0.25, 0.3) is 11.1 Å². The van der Waals surface area contributed by atoms with E-state index in [4.69, 9.17) is 10.5 Å². The Balaban J connectivity index is 1.92. The molecule has 0 saturated heterocycles. The quantitative estimate of drug-likeness (QED) is 0.513. The highest BCUT2D eigenvalue weighted by Gasteiger charge is 2.21. The Morgan fingerprint density at radius 1 is 0.762 bits per heavy atom. The van der Waals surface area contributed by atoms with Crippen LogP contribution in [0.3, 0.4) is 0 Å². The van der Waals surface area contributed by atoms with Gasteiger partial charge in [-0.1, -0.05) is 48.5 Å². The Morgan fingerprint density at radius 2 is 1.52 bits per heavy atom. The van der Waals surface area contributed by atoms with Crippen LogP contribution in [-0.2, 0) is 6.42 Å². The number of fused-ring (bicyclic) bond motifs is 2. The Morgan fingerprint density at radius 3 is 2.38 bits per heavy atom. The van der Waals surface area contributed by atoms with Crippen LogP contribution in [-0.4, -0.2) is 0 Å². The van der Waals surface area contributed by atoms with Crippen LogP contribution >= 0.6 is 0 Å². The van der Waals surface area contributed by atoms with Crippen molar-refractivity contribution in [3.8, 4) is 22.6 Å². The second kappa shape index (κ2) is 4.67. The van der Waals surface area contributed by atoms with Crippen molar-refractivity contribution in [3.05, 3.63) is 77.9 Å².